The van der Waals surface area contributed by atoms with Gasteiger partial charge in [0.05, 0.1) is 0 Å². The third-order valence-electron chi connectivity index (χ3n) is 9.37. The number of rotatable bonds is 14. The van der Waals surface area contributed by atoms with Crippen LogP contribution in [0.4, 0.5) is 0 Å². The van der Waals surface area contributed by atoms with Crippen LogP contribution in [0.15, 0.2) is 168 Å². The van der Waals surface area contributed by atoms with E-state index in [0.717, 1.165) is 65.4 Å². The summed E-state index contributed by atoms with van der Waals surface area (Å²) in [5.74, 6) is 0. The number of hydrogen-bond acceptors (Lipinski definition) is 6. The third-order valence-corrected chi connectivity index (χ3v) is 9.37. The molecule has 0 amide bonds. The summed E-state index contributed by atoms with van der Waals surface area (Å²) in [4.78, 5) is 4.99. The molecule has 50 heavy (non-hydrogen) atoms. The second-order valence-corrected chi connectivity index (χ2v) is 13.3. The number of allylic oxidation sites excluding steroid dienone is 8. The zero-order valence-electron chi connectivity index (χ0n) is 28.8. The first-order valence-electron chi connectivity index (χ1n) is 17.9. The molecule has 7 rings (SSSR count). The molecule has 6 nitrogen and oxygen atoms in total. The molecule has 4 heterocycles. The van der Waals surface area contributed by atoms with E-state index in [1.807, 2.05) is 0 Å². The van der Waals surface area contributed by atoms with Crippen LogP contribution in [-0.4, -0.2) is 62.2 Å². The van der Waals surface area contributed by atoms with Gasteiger partial charge in [0.25, 0.3) is 0 Å². The standard InChI is InChI=1S/C44H48N6/c1-5-25-45-41(9-1)31-49(32-42-10-2-6-26-46-42)29-35-13-17-37(18-14-35)39-21-23-40(24-22-39)38-19-15-36(16-20-38)30-50(33-43-11-3-7-27-47-43)34-44-12-4-8-28-48-44/h1-24,45-48H,25-34H2. The van der Waals surface area contributed by atoms with Gasteiger partial charge in [-0.05, 0) is 57.7 Å². The number of nitrogens with one attached hydrogen (secondary N) is 4. The van der Waals surface area contributed by atoms with E-state index in [1.165, 1.54) is 56.2 Å². The van der Waals surface area contributed by atoms with Crippen LogP contribution in [0, 0.1) is 0 Å². The molecule has 3 aromatic rings. The van der Waals surface area contributed by atoms with Gasteiger partial charge in [-0.2, -0.15) is 0 Å². The first-order valence-corrected chi connectivity index (χ1v) is 17.9. The summed E-state index contributed by atoms with van der Waals surface area (Å²) in [5, 5.41) is 14.1. The number of hydrogen-bond donors (Lipinski definition) is 4. The average molecular weight is 661 g/mol. The number of dihydropyridines is 4. The van der Waals surface area contributed by atoms with Gasteiger partial charge in [0, 0.05) is 88.2 Å². The molecule has 0 aliphatic carbocycles. The molecule has 4 aliphatic rings. The molecule has 0 radical (unpaired) electrons. The van der Waals surface area contributed by atoms with Gasteiger partial charge in [-0.15, -0.1) is 0 Å². The van der Waals surface area contributed by atoms with Crippen LogP contribution in [0.25, 0.3) is 22.3 Å². The fourth-order valence-corrected chi connectivity index (χ4v) is 6.71. The topological polar surface area (TPSA) is 54.6 Å². The lowest BCUT2D eigenvalue weighted by molar-refractivity contribution is 0.301. The predicted octanol–water partition coefficient (Wildman–Crippen LogP) is 6.80. The molecular formula is C44H48N6. The van der Waals surface area contributed by atoms with E-state index in [-0.39, 0.29) is 0 Å². The highest BCUT2D eigenvalue weighted by atomic mass is 15.2. The lowest BCUT2D eigenvalue weighted by atomic mass is 9.99. The largest absolute Gasteiger partial charge is 0.384 e. The van der Waals surface area contributed by atoms with Crippen molar-refractivity contribution >= 4 is 0 Å². The zero-order valence-corrected chi connectivity index (χ0v) is 28.8. The van der Waals surface area contributed by atoms with Crippen LogP contribution in [0.5, 0.6) is 0 Å². The van der Waals surface area contributed by atoms with Gasteiger partial charge in [-0.3, -0.25) is 9.80 Å². The summed E-state index contributed by atoms with van der Waals surface area (Å²) < 4.78 is 0. The summed E-state index contributed by atoms with van der Waals surface area (Å²) in [6.45, 7) is 8.89. The second kappa shape index (κ2) is 16.9. The normalized spacial score (nSPS) is 16.5. The maximum atomic E-state index is 3.52. The van der Waals surface area contributed by atoms with E-state index in [2.05, 4.69) is 177 Å². The highest BCUT2D eigenvalue weighted by Gasteiger charge is 2.14. The van der Waals surface area contributed by atoms with Crippen LogP contribution in [0.2, 0.25) is 0 Å². The van der Waals surface area contributed by atoms with E-state index in [0.29, 0.717) is 0 Å². The van der Waals surface area contributed by atoms with E-state index < -0.39 is 0 Å². The molecule has 4 aliphatic heterocycles. The lowest BCUT2D eigenvalue weighted by Gasteiger charge is -2.27. The van der Waals surface area contributed by atoms with Crippen LogP contribution < -0.4 is 21.3 Å². The Balaban J connectivity index is 0.980. The average Bonchev–Trinajstić information content (AvgIpc) is 3.17. The Hall–Kier alpha value is -5.30. The van der Waals surface area contributed by atoms with Crippen molar-refractivity contribution < 1.29 is 0 Å². The van der Waals surface area contributed by atoms with Crippen molar-refractivity contribution in [2.24, 2.45) is 0 Å². The Morgan fingerprint density at radius 3 is 0.840 bits per heavy atom. The fraction of sp³-hybridized carbons (Fsp3) is 0.227. The van der Waals surface area contributed by atoms with Gasteiger partial charge in [0.2, 0.25) is 0 Å². The Kier molecular flexibility index (Phi) is 11.2. The van der Waals surface area contributed by atoms with Crippen LogP contribution in [0.3, 0.4) is 0 Å². The van der Waals surface area contributed by atoms with Crippen molar-refractivity contribution in [3.63, 3.8) is 0 Å². The van der Waals surface area contributed by atoms with Crippen LogP contribution >= 0.6 is 0 Å². The number of benzene rings is 3. The molecule has 0 fully saturated rings. The molecule has 0 bridgehead atoms. The molecule has 3 aromatic carbocycles. The molecule has 0 unspecified atom stereocenters. The minimum Gasteiger partial charge on any atom is -0.384 e. The van der Waals surface area contributed by atoms with Gasteiger partial charge in [-0.1, -0.05) is 121 Å². The molecule has 0 atom stereocenters. The van der Waals surface area contributed by atoms with Crippen LogP contribution in [-0.2, 0) is 13.1 Å². The van der Waals surface area contributed by atoms with Gasteiger partial charge in [0.15, 0.2) is 0 Å². The SMILES string of the molecule is C1=CCNC(CN(CC2=CC=CCN2)Cc2ccc(-c3ccc(-c4ccc(CN(CC5=CC=CCN5)CC5=CC=CCN5)cc4)cc3)cc2)=C1. The summed E-state index contributed by atoms with van der Waals surface area (Å²) >= 11 is 0. The Morgan fingerprint density at radius 1 is 0.340 bits per heavy atom. The highest BCUT2D eigenvalue weighted by Crippen LogP contribution is 2.26. The van der Waals surface area contributed by atoms with Crippen molar-refractivity contribution in [2.45, 2.75) is 13.1 Å². The van der Waals surface area contributed by atoms with Crippen molar-refractivity contribution in [3.05, 3.63) is 180 Å². The van der Waals surface area contributed by atoms with Crippen molar-refractivity contribution in [1.82, 2.24) is 31.1 Å². The van der Waals surface area contributed by atoms with Gasteiger partial charge >= 0.3 is 0 Å². The van der Waals surface area contributed by atoms with E-state index in [4.69, 9.17) is 0 Å². The number of nitrogens with zero attached hydrogens (tertiary/aromatic N) is 2. The lowest BCUT2D eigenvalue weighted by Crippen LogP contribution is -2.35. The molecular weight excluding hydrogens is 613 g/mol. The minimum absolute atomic E-state index is 0.886. The zero-order chi connectivity index (χ0) is 33.8. The molecule has 0 saturated carbocycles. The summed E-state index contributed by atoms with van der Waals surface area (Å²) in [5.41, 5.74) is 12.6. The minimum atomic E-state index is 0.886. The fourth-order valence-electron chi connectivity index (χ4n) is 6.71. The van der Waals surface area contributed by atoms with Gasteiger partial charge in [0.1, 0.15) is 0 Å². The molecule has 254 valence electrons. The van der Waals surface area contributed by atoms with Gasteiger partial charge < -0.3 is 21.3 Å². The second-order valence-electron chi connectivity index (χ2n) is 13.3. The predicted molar refractivity (Wildman–Crippen MR) is 209 cm³/mol. The monoisotopic (exact) mass is 660 g/mol. The first-order chi connectivity index (χ1) is 24.7. The van der Waals surface area contributed by atoms with Crippen LogP contribution in [0.1, 0.15) is 11.1 Å². The van der Waals surface area contributed by atoms with Gasteiger partial charge in [-0.25, -0.2) is 0 Å². The molecule has 0 aromatic heterocycles. The quantitative estimate of drug-likeness (QED) is 0.153. The van der Waals surface area contributed by atoms with Crippen molar-refractivity contribution in [1.29, 1.82) is 0 Å². The first kappa shape index (κ1) is 33.2. The summed E-state index contributed by atoms with van der Waals surface area (Å²) in [6, 6.07) is 27.1. The highest BCUT2D eigenvalue weighted by molar-refractivity contribution is 5.70. The molecule has 4 N–H and O–H groups in total. The Bertz CT molecular complexity index is 1630. The maximum absolute atomic E-state index is 3.52. The van der Waals surface area contributed by atoms with E-state index in [1.54, 1.807) is 0 Å². The smallest absolute Gasteiger partial charge is 0.0389 e. The third kappa shape index (κ3) is 9.44. The summed E-state index contributed by atoms with van der Waals surface area (Å²) in [7, 11) is 0. The molecule has 6 heteroatoms. The Morgan fingerprint density at radius 2 is 0.600 bits per heavy atom. The van der Waals surface area contributed by atoms with Crippen molar-refractivity contribution in [2.75, 3.05) is 52.4 Å². The van der Waals surface area contributed by atoms with E-state index >= 15 is 0 Å². The van der Waals surface area contributed by atoms with Crippen molar-refractivity contribution in [3.8, 4) is 22.3 Å². The molecule has 0 saturated heterocycles. The molecule has 0 spiro atoms. The summed E-state index contributed by atoms with van der Waals surface area (Å²) in [6.07, 6.45) is 26.0. The van der Waals surface area contributed by atoms with E-state index in [9.17, 15) is 0 Å². The maximum Gasteiger partial charge on any atom is 0.0389 e. The Labute approximate surface area is 297 Å².